The van der Waals surface area contributed by atoms with Gasteiger partial charge in [0.1, 0.15) is 12.3 Å². The van der Waals surface area contributed by atoms with E-state index < -0.39 is 15.9 Å². The lowest BCUT2D eigenvalue weighted by Gasteiger charge is -2.21. The highest BCUT2D eigenvalue weighted by Crippen LogP contribution is 2.16. The molecule has 1 aromatic heterocycles. The van der Waals surface area contributed by atoms with Gasteiger partial charge in [-0.2, -0.15) is 0 Å². The van der Waals surface area contributed by atoms with Crippen LogP contribution in [-0.4, -0.2) is 27.1 Å². The second-order valence-electron chi connectivity index (χ2n) is 4.46. The van der Waals surface area contributed by atoms with Crippen molar-refractivity contribution < 1.29 is 17.6 Å². The number of hydrogen-bond donors (Lipinski definition) is 1. The van der Waals surface area contributed by atoms with Gasteiger partial charge in [0.05, 0.1) is 24.8 Å². The molecule has 21 heavy (non-hydrogen) atoms. The first-order valence-corrected chi connectivity index (χ1v) is 8.13. The normalized spacial score (nSPS) is 11.1. The molecule has 7 heteroatoms. The minimum Gasteiger partial charge on any atom is -0.467 e. The maximum absolute atomic E-state index is 11.9. The van der Waals surface area contributed by atoms with Crippen molar-refractivity contribution in [3.8, 4) is 0 Å². The fourth-order valence-electron chi connectivity index (χ4n) is 1.78. The van der Waals surface area contributed by atoms with Gasteiger partial charge in [-0.3, -0.25) is 9.10 Å². The molecule has 0 aliphatic heterocycles. The molecule has 0 aliphatic rings. The number of rotatable bonds is 6. The molecule has 0 bridgehead atoms. The number of nitrogens with zero attached hydrogens (tertiary/aromatic N) is 1. The Morgan fingerprint density at radius 1 is 1.19 bits per heavy atom. The van der Waals surface area contributed by atoms with E-state index in [9.17, 15) is 13.2 Å². The fourth-order valence-corrected chi connectivity index (χ4v) is 2.64. The van der Waals surface area contributed by atoms with Crippen LogP contribution in [0.1, 0.15) is 5.76 Å². The van der Waals surface area contributed by atoms with Gasteiger partial charge in [-0.05, 0) is 24.3 Å². The lowest BCUT2D eigenvalue weighted by molar-refractivity contribution is -0.119. The van der Waals surface area contributed by atoms with Crippen molar-refractivity contribution in [1.29, 1.82) is 0 Å². The zero-order valence-corrected chi connectivity index (χ0v) is 12.3. The largest absolute Gasteiger partial charge is 0.467 e. The van der Waals surface area contributed by atoms with Crippen LogP contribution in [0.2, 0.25) is 0 Å². The Hall–Kier alpha value is -2.28. The summed E-state index contributed by atoms with van der Waals surface area (Å²) in [7, 11) is -3.54. The number of hydrogen-bond acceptors (Lipinski definition) is 4. The molecule has 0 fully saturated rings. The molecule has 1 heterocycles. The summed E-state index contributed by atoms with van der Waals surface area (Å²) in [6.07, 6.45) is 2.58. The second-order valence-corrected chi connectivity index (χ2v) is 6.37. The Balaban J connectivity index is 2.04. The average Bonchev–Trinajstić information content (AvgIpc) is 2.95. The molecule has 0 saturated heterocycles. The van der Waals surface area contributed by atoms with Gasteiger partial charge >= 0.3 is 0 Å². The molecule has 0 atom stereocenters. The summed E-state index contributed by atoms with van der Waals surface area (Å²) in [6, 6.07) is 11.9. The van der Waals surface area contributed by atoms with Gasteiger partial charge in [-0.1, -0.05) is 18.2 Å². The van der Waals surface area contributed by atoms with Crippen LogP contribution in [0.25, 0.3) is 0 Å². The Labute approximate surface area is 123 Å². The molecule has 6 nitrogen and oxygen atoms in total. The highest BCUT2D eigenvalue weighted by atomic mass is 32.2. The van der Waals surface area contributed by atoms with Gasteiger partial charge in [0.2, 0.25) is 15.9 Å². The number of para-hydroxylation sites is 1. The first-order chi connectivity index (χ1) is 9.97. The van der Waals surface area contributed by atoms with Gasteiger partial charge in [0, 0.05) is 0 Å². The molecule has 1 aromatic carbocycles. The summed E-state index contributed by atoms with van der Waals surface area (Å²) >= 11 is 0. The molecule has 0 aliphatic carbocycles. The van der Waals surface area contributed by atoms with E-state index in [1.54, 1.807) is 42.5 Å². The summed E-state index contributed by atoms with van der Waals surface area (Å²) < 4.78 is 29.8. The maximum atomic E-state index is 11.9. The number of anilines is 1. The summed E-state index contributed by atoms with van der Waals surface area (Å²) in [6.45, 7) is -0.0538. The molecule has 0 unspecified atom stereocenters. The third kappa shape index (κ3) is 4.35. The zero-order valence-electron chi connectivity index (χ0n) is 11.5. The van der Waals surface area contributed by atoms with Crippen molar-refractivity contribution in [2.24, 2.45) is 0 Å². The minimum atomic E-state index is -3.54. The number of benzene rings is 1. The predicted octanol–water partition coefficient (Wildman–Crippen LogP) is 1.36. The molecule has 1 N–H and O–H groups in total. The van der Waals surface area contributed by atoms with Crippen LogP contribution in [0.15, 0.2) is 53.1 Å². The van der Waals surface area contributed by atoms with E-state index in [-0.39, 0.29) is 13.1 Å². The number of carbonyl (C=O) groups excluding carboxylic acids is 1. The van der Waals surface area contributed by atoms with E-state index in [0.29, 0.717) is 11.4 Å². The summed E-state index contributed by atoms with van der Waals surface area (Å²) in [4.78, 5) is 11.9. The SMILES string of the molecule is CS(=O)(=O)N(CC(=O)NCc1ccco1)c1ccccc1. The molecular weight excluding hydrogens is 292 g/mol. The van der Waals surface area contributed by atoms with Crippen LogP contribution in [0.3, 0.4) is 0 Å². The van der Waals surface area contributed by atoms with Gasteiger partial charge in [0.25, 0.3) is 0 Å². The van der Waals surface area contributed by atoms with E-state index in [2.05, 4.69) is 5.32 Å². The van der Waals surface area contributed by atoms with E-state index in [4.69, 9.17) is 4.42 Å². The van der Waals surface area contributed by atoms with Crippen LogP contribution in [-0.2, 0) is 21.4 Å². The van der Waals surface area contributed by atoms with E-state index >= 15 is 0 Å². The molecular formula is C14H16N2O4S. The van der Waals surface area contributed by atoms with Gasteiger partial charge in [-0.15, -0.1) is 0 Å². The summed E-state index contributed by atoms with van der Waals surface area (Å²) in [5.74, 6) is 0.203. The minimum absolute atomic E-state index is 0.220. The van der Waals surface area contributed by atoms with Crippen LogP contribution in [0.5, 0.6) is 0 Å². The van der Waals surface area contributed by atoms with Crippen molar-refractivity contribution in [2.75, 3.05) is 17.1 Å². The predicted molar refractivity (Wildman–Crippen MR) is 79.2 cm³/mol. The topological polar surface area (TPSA) is 79.6 Å². The van der Waals surface area contributed by atoms with Crippen molar-refractivity contribution in [2.45, 2.75) is 6.54 Å². The van der Waals surface area contributed by atoms with Crippen LogP contribution in [0.4, 0.5) is 5.69 Å². The monoisotopic (exact) mass is 308 g/mol. The van der Waals surface area contributed by atoms with Crippen LogP contribution in [0, 0.1) is 0 Å². The lowest BCUT2D eigenvalue weighted by atomic mass is 10.3. The molecule has 0 spiro atoms. The van der Waals surface area contributed by atoms with Gasteiger partial charge in [-0.25, -0.2) is 8.42 Å². The van der Waals surface area contributed by atoms with E-state index in [1.807, 2.05) is 0 Å². The summed E-state index contributed by atoms with van der Waals surface area (Å²) in [5.41, 5.74) is 0.452. The first kappa shape index (κ1) is 15.1. The fraction of sp³-hybridized carbons (Fsp3) is 0.214. The highest BCUT2D eigenvalue weighted by molar-refractivity contribution is 7.92. The average molecular weight is 308 g/mol. The van der Waals surface area contributed by atoms with E-state index in [1.165, 1.54) is 6.26 Å². The molecule has 1 amide bonds. The Kier molecular flexibility index (Phi) is 4.64. The number of amides is 1. The Morgan fingerprint density at radius 2 is 1.90 bits per heavy atom. The van der Waals surface area contributed by atoms with Crippen molar-refractivity contribution in [1.82, 2.24) is 5.32 Å². The van der Waals surface area contributed by atoms with Crippen molar-refractivity contribution >= 4 is 21.6 Å². The Morgan fingerprint density at radius 3 is 2.48 bits per heavy atom. The second kappa shape index (κ2) is 6.45. The molecule has 2 aromatic rings. The smallest absolute Gasteiger partial charge is 0.241 e. The van der Waals surface area contributed by atoms with Crippen molar-refractivity contribution in [3.05, 3.63) is 54.5 Å². The standard InChI is InChI=1S/C14H16N2O4S/c1-21(18,19)16(12-6-3-2-4-7-12)11-14(17)15-10-13-8-5-9-20-13/h2-9H,10-11H2,1H3,(H,15,17). The maximum Gasteiger partial charge on any atom is 0.241 e. The highest BCUT2D eigenvalue weighted by Gasteiger charge is 2.20. The number of carbonyl (C=O) groups is 1. The number of furan rings is 1. The Bertz CT molecular complexity index is 681. The number of sulfonamides is 1. The molecule has 0 radical (unpaired) electrons. The van der Waals surface area contributed by atoms with Crippen LogP contribution < -0.4 is 9.62 Å². The van der Waals surface area contributed by atoms with Gasteiger partial charge < -0.3 is 9.73 Å². The van der Waals surface area contributed by atoms with Gasteiger partial charge in [0.15, 0.2) is 0 Å². The van der Waals surface area contributed by atoms with Crippen molar-refractivity contribution in [3.63, 3.8) is 0 Å². The zero-order chi connectivity index (χ0) is 15.3. The third-order valence-corrected chi connectivity index (χ3v) is 3.91. The summed E-state index contributed by atoms with van der Waals surface area (Å²) in [5, 5.41) is 2.62. The molecule has 0 saturated carbocycles. The quantitative estimate of drug-likeness (QED) is 0.874. The third-order valence-electron chi connectivity index (χ3n) is 2.77. The van der Waals surface area contributed by atoms with Crippen LogP contribution >= 0.6 is 0 Å². The number of nitrogens with one attached hydrogen (secondary N) is 1. The first-order valence-electron chi connectivity index (χ1n) is 6.28. The molecule has 112 valence electrons. The van der Waals surface area contributed by atoms with E-state index in [0.717, 1.165) is 10.6 Å². The molecule has 2 rings (SSSR count). The lowest BCUT2D eigenvalue weighted by Crippen LogP contribution is -2.40.